The molecule has 0 saturated heterocycles. The number of nitrogens with zero attached hydrogens (tertiary/aromatic N) is 4. The van der Waals surface area contributed by atoms with Crippen LogP contribution in [0.5, 0.6) is 0 Å². The van der Waals surface area contributed by atoms with Crippen LogP contribution in [-0.2, 0) is 0 Å². The molecule has 1 aromatic heterocycles. The van der Waals surface area contributed by atoms with Crippen LogP contribution in [-0.4, -0.2) is 16.0 Å². The summed E-state index contributed by atoms with van der Waals surface area (Å²) in [4.78, 5) is 4.37. The molecule has 1 atom stereocenters. The minimum atomic E-state index is -1.60. The molecule has 3 aromatic carbocycles. The molecule has 40 heavy (non-hydrogen) atoms. The maximum atomic E-state index is 13.8. The third-order valence-corrected chi connectivity index (χ3v) is 7.23. The Kier molecular flexibility index (Phi) is 6.46. The van der Waals surface area contributed by atoms with Crippen LogP contribution in [0.3, 0.4) is 0 Å². The summed E-state index contributed by atoms with van der Waals surface area (Å²) in [6.07, 6.45) is 5.30. The van der Waals surface area contributed by atoms with Crippen LogP contribution in [0.1, 0.15) is 36.9 Å². The molecular weight excluding hydrogens is 550 g/mol. The Morgan fingerprint density at radius 2 is 1.85 bits per heavy atom. The van der Waals surface area contributed by atoms with E-state index in [9.17, 15) is 16.3 Å². The van der Waals surface area contributed by atoms with Crippen LogP contribution in [0.25, 0.3) is 10.9 Å². The van der Waals surface area contributed by atoms with Gasteiger partial charge in [0.25, 0.3) is 0 Å². The summed E-state index contributed by atoms with van der Waals surface area (Å²) in [5.74, 6) is -0.577. The van der Waals surface area contributed by atoms with Crippen molar-refractivity contribution >= 4 is 51.2 Å². The third kappa shape index (κ3) is 4.94. The van der Waals surface area contributed by atoms with Gasteiger partial charge in [-0.25, -0.2) is 4.39 Å². The number of fused-ring (bicyclic) bond motifs is 1. The molecule has 0 bridgehead atoms. The lowest BCUT2D eigenvalue weighted by molar-refractivity contribution is 0.260. The molecule has 0 radical (unpaired) electrons. The average molecular weight is 572 g/mol. The Morgan fingerprint density at radius 1 is 1.05 bits per heavy atom. The molecule has 1 saturated carbocycles. The van der Waals surface area contributed by atoms with Gasteiger partial charge < -0.3 is 16.1 Å². The Morgan fingerprint density at radius 3 is 2.58 bits per heavy atom. The fraction of sp³-hybridized carbons (Fsp3) is 0.138. The van der Waals surface area contributed by atoms with E-state index in [-0.39, 0.29) is 16.1 Å². The topological polar surface area (TPSA) is 112 Å². The van der Waals surface area contributed by atoms with Gasteiger partial charge in [-0.15, -0.1) is 5.53 Å². The van der Waals surface area contributed by atoms with E-state index < -0.39 is 11.8 Å². The van der Waals surface area contributed by atoms with Gasteiger partial charge >= 0.3 is 0 Å². The molecule has 11 heteroatoms. The van der Waals surface area contributed by atoms with Gasteiger partial charge in [-0.05, 0) is 54.8 Å². The molecule has 0 spiro atoms. The number of nitriles is 2. The predicted octanol–water partition coefficient (Wildman–Crippen LogP) is 6.65. The summed E-state index contributed by atoms with van der Waals surface area (Å²) in [7, 11) is 0. The molecule has 1 aliphatic heterocycles. The minimum Gasteiger partial charge on any atom is -0.373 e. The number of hydrogen-bond donors (Lipinski definition) is 4. The number of anilines is 3. The number of nitrogens with one attached hydrogen (secondary N) is 4. The van der Waals surface area contributed by atoms with Gasteiger partial charge in [-0.1, -0.05) is 41.4 Å². The fourth-order valence-electron chi connectivity index (χ4n) is 4.49. The van der Waals surface area contributed by atoms with Gasteiger partial charge in [-0.2, -0.15) is 10.5 Å². The number of aromatic nitrogens is 1. The first kappa shape index (κ1) is 24.5. The molecule has 1 unspecified atom stereocenters. The molecule has 2 heterocycles. The summed E-state index contributed by atoms with van der Waals surface area (Å²) >= 11 is 12.6. The zero-order valence-electron chi connectivity index (χ0n) is 21.8. The van der Waals surface area contributed by atoms with Crippen molar-refractivity contribution < 1.29 is 5.76 Å². The lowest BCUT2D eigenvalue weighted by atomic mass is 10.0. The lowest BCUT2D eigenvalue weighted by Gasteiger charge is -2.23. The van der Waals surface area contributed by atoms with Gasteiger partial charge in [0.05, 0.1) is 40.4 Å². The molecular formula is C29H21Cl2FN8. The number of halogens is 3. The van der Waals surface area contributed by atoms with Crippen LogP contribution < -0.4 is 21.6 Å². The molecule has 6 rings (SSSR count). The van der Waals surface area contributed by atoms with E-state index in [1.165, 1.54) is 24.4 Å². The largest absolute Gasteiger partial charge is 0.373 e. The summed E-state index contributed by atoms with van der Waals surface area (Å²) in [6, 6.07) is 17.5. The highest BCUT2D eigenvalue weighted by Gasteiger charge is 2.32. The normalized spacial score (nSPS) is 16.3. The number of rotatable bonds is 7. The van der Waals surface area contributed by atoms with E-state index in [0.717, 1.165) is 12.8 Å². The number of pyridine rings is 1. The third-order valence-electron chi connectivity index (χ3n) is 6.61. The molecule has 0 amide bonds. The minimum absolute atomic E-state index is 0.0862. The van der Waals surface area contributed by atoms with Gasteiger partial charge in [0, 0.05) is 40.2 Å². The van der Waals surface area contributed by atoms with E-state index in [1.54, 1.807) is 36.4 Å². The molecule has 198 valence electrons. The highest BCUT2D eigenvalue weighted by atomic mass is 35.5. The Bertz CT molecular complexity index is 1810. The summed E-state index contributed by atoms with van der Waals surface area (Å²) < 4.78 is 23.5. The second-order valence-corrected chi connectivity index (χ2v) is 10.2. The fourth-order valence-corrected chi connectivity index (χ4v) is 4.90. The van der Waals surface area contributed by atoms with Gasteiger partial charge in [0.1, 0.15) is 18.0 Å². The Balaban J connectivity index is 1.50. The van der Waals surface area contributed by atoms with Crippen LogP contribution in [0.15, 0.2) is 72.7 Å². The van der Waals surface area contributed by atoms with E-state index in [2.05, 4.69) is 38.7 Å². The molecule has 2 aliphatic rings. The van der Waals surface area contributed by atoms with Crippen LogP contribution in [0, 0.1) is 28.5 Å². The predicted molar refractivity (Wildman–Crippen MR) is 153 cm³/mol. The van der Waals surface area contributed by atoms with Crippen molar-refractivity contribution in [3.8, 4) is 12.1 Å². The van der Waals surface area contributed by atoms with E-state index in [4.69, 9.17) is 23.2 Å². The van der Waals surface area contributed by atoms with Crippen LogP contribution >= 0.6 is 23.2 Å². The summed E-state index contributed by atoms with van der Waals surface area (Å²) in [5, 5.41) is 29.0. The number of hydrogen-bond acceptors (Lipinski definition) is 8. The second kappa shape index (κ2) is 10.6. The van der Waals surface area contributed by atoms with Gasteiger partial charge in [-0.3, -0.25) is 9.99 Å². The van der Waals surface area contributed by atoms with Crippen molar-refractivity contribution in [2.24, 2.45) is 0 Å². The van der Waals surface area contributed by atoms with Gasteiger partial charge in [0.2, 0.25) is 0 Å². The summed E-state index contributed by atoms with van der Waals surface area (Å²) in [5.41, 5.74) is 9.17. The summed E-state index contributed by atoms with van der Waals surface area (Å²) in [6.45, 7) is 0. The molecule has 1 fully saturated rings. The highest BCUT2D eigenvalue weighted by molar-refractivity contribution is 6.31. The van der Waals surface area contributed by atoms with Crippen LogP contribution in [0.4, 0.5) is 21.5 Å². The second-order valence-electron chi connectivity index (χ2n) is 9.34. The van der Waals surface area contributed by atoms with Crippen molar-refractivity contribution in [1.29, 1.82) is 10.5 Å². The first-order valence-corrected chi connectivity index (χ1v) is 13.1. The van der Waals surface area contributed by atoms with Crippen LogP contribution in [0.2, 0.25) is 10.0 Å². The zero-order chi connectivity index (χ0) is 28.7. The first-order valence-electron chi connectivity index (χ1n) is 12.8. The maximum absolute atomic E-state index is 13.8. The Hall–Kier alpha value is -4.54. The van der Waals surface area contributed by atoms with E-state index in [1.807, 2.05) is 11.2 Å². The Labute approximate surface area is 241 Å². The monoisotopic (exact) mass is 571 g/mol. The number of benzene rings is 3. The molecule has 4 N–H and O–H groups in total. The average Bonchev–Trinajstić information content (AvgIpc) is 3.70. The molecule has 1 aliphatic carbocycles. The van der Waals surface area contributed by atoms with Crippen molar-refractivity contribution in [1.82, 2.24) is 21.0 Å². The van der Waals surface area contributed by atoms with E-state index in [0.29, 0.717) is 50.3 Å². The van der Waals surface area contributed by atoms with Crippen molar-refractivity contribution in [2.45, 2.75) is 24.9 Å². The first-order chi connectivity index (χ1) is 19.8. The van der Waals surface area contributed by atoms with Gasteiger partial charge in [0.15, 0.2) is 0 Å². The van der Waals surface area contributed by atoms with Crippen molar-refractivity contribution in [3.05, 3.63) is 105 Å². The number of hydrazine groups is 2. The molecule has 4 aromatic rings. The molecule has 8 nitrogen and oxygen atoms in total. The quantitative estimate of drug-likeness (QED) is 0.195. The smallest absolute Gasteiger partial charge is 0.141 e. The maximum Gasteiger partial charge on any atom is 0.141 e. The lowest BCUT2D eigenvalue weighted by Crippen LogP contribution is -2.38. The van der Waals surface area contributed by atoms with Crippen molar-refractivity contribution in [3.63, 3.8) is 0 Å². The highest BCUT2D eigenvalue weighted by Crippen LogP contribution is 2.37. The standard InChI is InChI=1S/C29H21Cl2FN8/c30-23-4-2-1-3-21(23)29(26-15-40(39-38-26)20-6-7-20)37-19-9-16(12-33)27-22(10-19)28(17(13-34)14-35-27)36-18-5-8-25(32)24(31)11-18/h1-5,8-11,14-15,20,29,37-39H,6-7H2,(H,35,36)/i29D. The zero-order valence-corrected chi connectivity index (χ0v) is 22.3. The van der Waals surface area contributed by atoms with E-state index >= 15 is 0 Å². The SMILES string of the molecule is [2H]C(Nc1cc(C#N)c2ncc(C#N)c(Nc3ccc(F)c(Cl)c3)c2c1)(C1=CN(C2CC2)NN1)c1ccccc1Cl. The van der Waals surface area contributed by atoms with Crippen molar-refractivity contribution in [2.75, 3.05) is 10.6 Å².